The number of carbonyl (C=O) groups excluding carboxylic acids is 1. The Balaban J connectivity index is 2.11. The number of hydrogen-bond donors (Lipinski definition) is 0. The molecule has 0 atom stereocenters. The number of benzene rings is 2. The summed E-state index contributed by atoms with van der Waals surface area (Å²) in [4.78, 5) is 12.7. The maximum atomic E-state index is 12.7. The molecule has 2 aromatic rings. The van der Waals surface area contributed by atoms with Gasteiger partial charge in [-0.15, -0.1) is 0 Å². The quantitative estimate of drug-likeness (QED) is 0.689. The maximum absolute atomic E-state index is 12.7. The lowest BCUT2D eigenvalue weighted by Gasteiger charge is -2.09. The Labute approximate surface area is 134 Å². The van der Waals surface area contributed by atoms with Crippen LogP contribution in [0.25, 0.3) is 0 Å². The molecule has 0 fully saturated rings. The molecule has 0 aliphatic carbocycles. The summed E-state index contributed by atoms with van der Waals surface area (Å²) in [6.07, 6.45) is 0.854. The predicted molar refractivity (Wildman–Crippen MR) is 85.7 cm³/mol. The molecule has 0 radical (unpaired) electrons. The van der Waals surface area contributed by atoms with E-state index in [4.69, 9.17) is 4.74 Å². The van der Waals surface area contributed by atoms with Gasteiger partial charge in [-0.1, -0.05) is 31.9 Å². The lowest BCUT2D eigenvalue weighted by Crippen LogP contribution is -2.04. The zero-order valence-electron chi connectivity index (χ0n) is 10.9. The molecule has 0 aromatic heterocycles. The van der Waals surface area contributed by atoms with Crippen molar-refractivity contribution in [3.8, 4) is 5.75 Å². The highest BCUT2D eigenvalue weighted by Gasteiger charge is 2.23. The highest BCUT2D eigenvalue weighted by Crippen LogP contribution is 2.34. The standard InChI is InChI=1S/C16H12Br2O2/c1-9-4-11(7-12(17)5-9)15(19)14-8-13(18)6-10-2-3-20-16(10)14/h4-8H,2-3H2,1H3. The van der Waals surface area contributed by atoms with Crippen LogP contribution in [0.4, 0.5) is 0 Å². The second-order valence-corrected chi connectivity index (χ2v) is 6.72. The first kappa shape index (κ1) is 13.8. The van der Waals surface area contributed by atoms with Crippen LogP contribution in [0.3, 0.4) is 0 Å². The fourth-order valence-electron chi connectivity index (χ4n) is 2.46. The van der Waals surface area contributed by atoms with E-state index in [1.807, 2.05) is 37.3 Å². The normalized spacial score (nSPS) is 12.9. The SMILES string of the molecule is Cc1cc(Br)cc(C(=O)c2cc(Br)cc3c2OCC3)c1. The second-order valence-electron chi connectivity index (χ2n) is 4.89. The maximum Gasteiger partial charge on any atom is 0.196 e. The molecule has 1 aliphatic rings. The Hall–Kier alpha value is -1.13. The third-order valence-electron chi connectivity index (χ3n) is 3.30. The number of carbonyl (C=O) groups is 1. The molecule has 2 aromatic carbocycles. The van der Waals surface area contributed by atoms with E-state index in [1.165, 1.54) is 0 Å². The Morgan fingerprint density at radius 1 is 1.10 bits per heavy atom. The number of halogens is 2. The average Bonchev–Trinajstić information content (AvgIpc) is 2.83. The van der Waals surface area contributed by atoms with Gasteiger partial charge in [0.15, 0.2) is 5.78 Å². The molecule has 0 saturated heterocycles. The van der Waals surface area contributed by atoms with Gasteiger partial charge in [-0.25, -0.2) is 0 Å². The summed E-state index contributed by atoms with van der Waals surface area (Å²) in [5, 5.41) is 0. The smallest absolute Gasteiger partial charge is 0.196 e. The van der Waals surface area contributed by atoms with Gasteiger partial charge in [-0.05, 0) is 48.4 Å². The summed E-state index contributed by atoms with van der Waals surface area (Å²) >= 11 is 6.91. The van der Waals surface area contributed by atoms with Crippen LogP contribution in [-0.4, -0.2) is 12.4 Å². The highest BCUT2D eigenvalue weighted by atomic mass is 79.9. The number of ether oxygens (including phenoxy) is 1. The summed E-state index contributed by atoms with van der Waals surface area (Å²) in [6.45, 7) is 2.62. The molecule has 0 N–H and O–H groups in total. The first-order valence-electron chi connectivity index (χ1n) is 6.32. The highest BCUT2D eigenvalue weighted by molar-refractivity contribution is 9.10. The van der Waals surface area contributed by atoms with Gasteiger partial charge in [0.2, 0.25) is 0 Å². The summed E-state index contributed by atoms with van der Waals surface area (Å²) in [5.41, 5.74) is 3.45. The summed E-state index contributed by atoms with van der Waals surface area (Å²) in [6, 6.07) is 9.58. The van der Waals surface area contributed by atoms with Crippen molar-refractivity contribution in [1.29, 1.82) is 0 Å². The van der Waals surface area contributed by atoms with Gasteiger partial charge in [0, 0.05) is 20.9 Å². The molecule has 3 rings (SSSR count). The van der Waals surface area contributed by atoms with Crippen molar-refractivity contribution in [3.63, 3.8) is 0 Å². The van der Waals surface area contributed by atoms with Gasteiger partial charge in [0.05, 0.1) is 12.2 Å². The minimum atomic E-state index is -0.00569. The van der Waals surface area contributed by atoms with E-state index in [1.54, 1.807) is 0 Å². The van der Waals surface area contributed by atoms with E-state index >= 15 is 0 Å². The van der Waals surface area contributed by atoms with Crippen LogP contribution in [0.2, 0.25) is 0 Å². The van der Waals surface area contributed by atoms with E-state index in [-0.39, 0.29) is 5.78 Å². The number of fused-ring (bicyclic) bond motifs is 1. The molecule has 0 saturated carbocycles. The first-order valence-corrected chi connectivity index (χ1v) is 7.90. The Morgan fingerprint density at radius 2 is 1.85 bits per heavy atom. The topological polar surface area (TPSA) is 26.3 Å². The van der Waals surface area contributed by atoms with Gasteiger partial charge in [0.25, 0.3) is 0 Å². The molecule has 2 nitrogen and oxygen atoms in total. The molecule has 102 valence electrons. The number of rotatable bonds is 2. The molecular weight excluding hydrogens is 384 g/mol. The van der Waals surface area contributed by atoms with Crippen molar-refractivity contribution in [2.24, 2.45) is 0 Å². The molecule has 0 unspecified atom stereocenters. The third-order valence-corrected chi connectivity index (χ3v) is 4.21. The fourth-order valence-corrected chi connectivity index (χ4v) is 3.57. The van der Waals surface area contributed by atoms with Crippen molar-refractivity contribution < 1.29 is 9.53 Å². The van der Waals surface area contributed by atoms with E-state index in [2.05, 4.69) is 31.9 Å². The Kier molecular flexibility index (Phi) is 3.69. The van der Waals surface area contributed by atoms with Crippen LogP contribution in [0.1, 0.15) is 27.0 Å². The van der Waals surface area contributed by atoms with Gasteiger partial charge in [-0.3, -0.25) is 4.79 Å². The number of aryl methyl sites for hydroxylation is 1. The van der Waals surface area contributed by atoms with Crippen LogP contribution in [-0.2, 0) is 6.42 Å². The molecule has 1 heterocycles. The van der Waals surface area contributed by atoms with Crippen LogP contribution < -0.4 is 4.74 Å². The van der Waals surface area contributed by atoms with Gasteiger partial charge >= 0.3 is 0 Å². The van der Waals surface area contributed by atoms with E-state index in [0.29, 0.717) is 17.7 Å². The Bertz CT molecular complexity index is 688. The fraction of sp³-hybridized carbons (Fsp3) is 0.188. The third kappa shape index (κ3) is 2.54. The van der Waals surface area contributed by atoms with Crippen molar-refractivity contribution >= 4 is 37.6 Å². The largest absolute Gasteiger partial charge is 0.492 e. The summed E-state index contributed by atoms with van der Waals surface area (Å²) in [5.74, 6) is 0.727. The minimum Gasteiger partial charge on any atom is -0.492 e. The van der Waals surface area contributed by atoms with Crippen LogP contribution in [0.15, 0.2) is 39.3 Å². The molecule has 0 spiro atoms. The lowest BCUT2D eigenvalue weighted by atomic mass is 9.99. The van der Waals surface area contributed by atoms with Crippen LogP contribution in [0.5, 0.6) is 5.75 Å². The number of ketones is 1. The van der Waals surface area contributed by atoms with Crippen molar-refractivity contribution in [2.75, 3.05) is 6.61 Å². The van der Waals surface area contributed by atoms with E-state index < -0.39 is 0 Å². The van der Waals surface area contributed by atoms with Crippen LogP contribution in [0, 0.1) is 6.92 Å². The first-order chi connectivity index (χ1) is 9.54. The predicted octanol–water partition coefficient (Wildman–Crippen LogP) is 4.69. The van der Waals surface area contributed by atoms with E-state index in [9.17, 15) is 4.79 Å². The Morgan fingerprint density at radius 3 is 2.60 bits per heavy atom. The van der Waals surface area contributed by atoms with Crippen molar-refractivity contribution in [2.45, 2.75) is 13.3 Å². The minimum absolute atomic E-state index is 0.00569. The molecule has 1 aliphatic heterocycles. The van der Waals surface area contributed by atoms with Gasteiger partial charge in [-0.2, -0.15) is 0 Å². The number of hydrogen-bond acceptors (Lipinski definition) is 2. The summed E-state index contributed by atoms with van der Waals surface area (Å²) in [7, 11) is 0. The molecule has 20 heavy (non-hydrogen) atoms. The molecule has 4 heteroatoms. The van der Waals surface area contributed by atoms with Crippen molar-refractivity contribution in [3.05, 3.63) is 61.5 Å². The molecule has 0 bridgehead atoms. The second kappa shape index (κ2) is 5.34. The zero-order chi connectivity index (χ0) is 14.3. The van der Waals surface area contributed by atoms with E-state index in [0.717, 1.165) is 32.2 Å². The molecule has 0 amide bonds. The van der Waals surface area contributed by atoms with Gasteiger partial charge in [0.1, 0.15) is 5.75 Å². The lowest BCUT2D eigenvalue weighted by molar-refractivity contribution is 0.103. The monoisotopic (exact) mass is 394 g/mol. The van der Waals surface area contributed by atoms with Crippen molar-refractivity contribution in [1.82, 2.24) is 0 Å². The van der Waals surface area contributed by atoms with Crippen LogP contribution >= 0.6 is 31.9 Å². The zero-order valence-corrected chi connectivity index (χ0v) is 14.0. The van der Waals surface area contributed by atoms with Gasteiger partial charge < -0.3 is 4.74 Å². The summed E-state index contributed by atoms with van der Waals surface area (Å²) < 4.78 is 7.46. The molecular formula is C16H12Br2O2. The average molecular weight is 396 g/mol.